The summed E-state index contributed by atoms with van der Waals surface area (Å²) in [5, 5.41) is 9.94. The fourth-order valence-electron chi connectivity index (χ4n) is 2.58. The Labute approximate surface area is 105 Å². The van der Waals surface area contributed by atoms with Gasteiger partial charge >= 0.3 is 5.97 Å². The number of benzene rings is 1. The third-order valence-corrected chi connectivity index (χ3v) is 3.47. The molecule has 0 amide bonds. The molecule has 0 radical (unpaired) electrons. The second-order valence-corrected chi connectivity index (χ2v) is 4.65. The first-order valence-corrected chi connectivity index (χ1v) is 6.18. The van der Waals surface area contributed by atoms with E-state index in [9.17, 15) is 4.79 Å². The zero-order valence-corrected chi connectivity index (χ0v) is 10.0. The molecular weight excluding hydrogens is 230 g/mol. The van der Waals surface area contributed by atoms with E-state index in [1.54, 1.807) is 12.1 Å². The second-order valence-electron chi connectivity index (χ2n) is 4.65. The minimum absolute atomic E-state index is 0.258. The van der Waals surface area contributed by atoms with E-state index in [-0.39, 0.29) is 6.10 Å². The van der Waals surface area contributed by atoms with Crippen molar-refractivity contribution in [3.63, 3.8) is 0 Å². The van der Waals surface area contributed by atoms with Crippen molar-refractivity contribution in [1.29, 1.82) is 0 Å². The molecule has 1 unspecified atom stereocenters. The Balaban J connectivity index is 1.98. The molecule has 1 N–H and O–H groups in total. The van der Waals surface area contributed by atoms with Gasteiger partial charge in [0, 0.05) is 30.3 Å². The van der Waals surface area contributed by atoms with E-state index in [1.165, 1.54) is 0 Å². The van der Waals surface area contributed by atoms with Crippen LogP contribution in [-0.2, 0) is 11.3 Å². The third-order valence-electron chi connectivity index (χ3n) is 3.47. The van der Waals surface area contributed by atoms with Crippen molar-refractivity contribution >= 4 is 16.9 Å². The lowest BCUT2D eigenvalue weighted by atomic mass is 10.1. The van der Waals surface area contributed by atoms with E-state index in [1.807, 2.05) is 18.3 Å². The van der Waals surface area contributed by atoms with Crippen LogP contribution in [0.3, 0.4) is 0 Å². The SMILES string of the molecule is O=C(O)c1cccc2c1ccn2CC1CCCO1. The maximum absolute atomic E-state index is 11.1. The van der Waals surface area contributed by atoms with Gasteiger partial charge in [0.1, 0.15) is 0 Å². The van der Waals surface area contributed by atoms with Crippen LogP contribution >= 0.6 is 0 Å². The molecular formula is C14H15NO3. The summed E-state index contributed by atoms with van der Waals surface area (Å²) in [6.45, 7) is 1.64. The zero-order chi connectivity index (χ0) is 12.5. The average molecular weight is 245 g/mol. The Bertz CT molecular complexity index is 582. The molecule has 0 saturated carbocycles. The van der Waals surface area contributed by atoms with Crippen molar-refractivity contribution < 1.29 is 14.6 Å². The molecule has 2 heterocycles. The summed E-state index contributed by atoms with van der Waals surface area (Å²) in [5.74, 6) is -0.879. The molecule has 3 rings (SSSR count). The smallest absolute Gasteiger partial charge is 0.336 e. The summed E-state index contributed by atoms with van der Waals surface area (Å²) in [6.07, 6.45) is 4.40. The van der Waals surface area contributed by atoms with Gasteiger partial charge < -0.3 is 14.4 Å². The summed E-state index contributed by atoms with van der Waals surface area (Å²) in [5.41, 5.74) is 1.32. The molecule has 2 aromatic rings. The first kappa shape index (κ1) is 11.3. The van der Waals surface area contributed by atoms with Gasteiger partial charge in [-0.3, -0.25) is 0 Å². The largest absolute Gasteiger partial charge is 0.478 e. The number of aromatic carboxylic acids is 1. The van der Waals surface area contributed by atoms with Crippen LogP contribution in [0, 0.1) is 0 Å². The van der Waals surface area contributed by atoms with Gasteiger partial charge in [-0.1, -0.05) is 6.07 Å². The number of aromatic nitrogens is 1. The van der Waals surface area contributed by atoms with Gasteiger partial charge in [-0.05, 0) is 31.0 Å². The van der Waals surface area contributed by atoms with Crippen molar-refractivity contribution in [3.8, 4) is 0 Å². The highest BCUT2D eigenvalue weighted by atomic mass is 16.5. The van der Waals surface area contributed by atoms with E-state index in [0.29, 0.717) is 5.56 Å². The fourth-order valence-corrected chi connectivity index (χ4v) is 2.58. The summed E-state index contributed by atoms with van der Waals surface area (Å²) >= 11 is 0. The third kappa shape index (κ3) is 1.88. The number of carboxylic acids is 1. The summed E-state index contributed by atoms with van der Waals surface area (Å²) in [6, 6.07) is 7.25. The first-order valence-electron chi connectivity index (χ1n) is 6.18. The molecule has 94 valence electrons. The van der Waals surface area contributed by atoms with E-state index in [0.717, 1.165) is 36.9 Å². The quantitative estimate of drug-likeness (QED) is 0.904. The van der Waals surface area contributed by atoms with Crippen LogP contribution in [-0.4, -0.2) is 28.4 Å². The van der Waals surface area contributed by atoms with Crippen molar-refractivity contribution in [2.75, 3.05) is 6.61 Å². The Kier molecular flexibility index (Phi) is 2.80. The number of ether oxygens (including phenoxy) is 1. The molecule has 1 aliphatic heterocycles. The van der Waals surface area contributed by atoms with E-state index < -0.39 is 5.97 Å². The number of hydrogen-bond acceptors (Lipinski definition) is 2. The number of hydrogen-bond donors (Lipinski definition) is 1. The first-order chi connectivity index (χ1) is 8.75. The number of nitrogens with zero attached hydrogens (tertiary/aromatic N) is 1. The van der Waals surface area contributed by atoms with Crippen LogP contribution in [0.15, 0.2) is 30.5 Å². The van der Waals surface area contributed by atoms with Crippen LogP contribution in [0.5, 0.6) is 0 Å². The van der Waals surface area contributed by atoms with Gasteiger partial charge in [-0.25, -0.2) is 4.79 Å². The molecule has 0 bridgehead atoms. The van der Waals surface area contributed by atoms with Crippen LogP contribution in [0.25, 0.3) is 10.9 Å². The predicted octanol–water partition coefficient (Wildman–Crippen LogP) is 2.52. The highest BCUT2D eigenvalue weighted by Gasteiger charge is 2.17. The fraction of sp³-hybridized carbons (Fsp3) is 0.357. The van der Waals surface area contributed by atoms with Gasteiger partial charge in [0.05, 0.1) is 11.7 Å². The van der Waals surface area contributed by atoms with Crippen molar-refractivity contribution in [3.05, 3.63) is 36.0 Å². The average Bonchev–Trinajstić information content (AvgIpc) is 2.99. The lowest BCUT2D eigenvalue weighted by molar-refractivity contribution is 0.0699. The number of carbonyl (C=O) groups is 1. The molecule has 1 fully saturated rings. The normalized spacial score (nSPS) is 19.4. The van der Waals surface area contributed by atoms with Crippen LogP contribution in [0.2, 0.25) is 0 Å². The maximum Gasteiger partial charge on any atom is 0.336 e. The summed E-state index contributed by atoms with van der Waals surface area (Å²) < 4.78 is 7.70. The predicted molar refractivity (Wildman–Crippen MR) is 67.9 cm³/mol. The van der Waals surface area contributed by atoms with E-state index in [4.69, 9.17) is 9.84 Å². The molecule has 1 aromatic carbocycles. The van der Waals surface area contributed by atoms with Gasteiger partial charge in [-0.15, -0.1) is 0 Å². The molecule has 1 aromatic heterocycles. The molecule has 1 saturated heterocycles. The Morgan fingerprint density at radius 3 is 3.06 bits per heavy atom. The Morgan fingerprint density at radius 2 is 2.33 bits per heavy atom. The molecule has 1 atom stereocenters. The lowest BCUT2D eigenvalue weighted by Crippen LogP contribution is -2.14. The molecule has 4 heteroatoms. The highest BCUT2D eigenvalue weighted by molar-refractivity contribution is 6.02. The molecule has 1 aliphatic rings. The van der Waals surface area contributed by atoms with Crippen LogP contribution < -0.4 is 0 Å². The standard InChI is InChI=1S/C14H15NO3/c16-14(17)12-4-1-5-13-11(12)6-7-15(13)9-10-3-2-8-18-10/h1,4-7,10H,2-3,8-9H2,(H,16,17). The molecule has 18 heavy (non-hydrogen) atoms. The van der Waals surface area contributed by atoms with Gasteiger partial charge in [-0.2, -0.15) is 0 Å². The number of rotatable bonds is 3. The summed E-state index contributed by atoms with van der Waals surface area (Å²) in [7, 11) is 0. The monoisotopic (exact) mass is 245 g/mol. The minimum atomic E-state index is -0.879. The van der Waals surface area contributed by atoms with Gasteiger partial charge in [0.2, 0.25) is 0 Å². The minimum Gasteiger partial charge on any atom is -0.478 e. The number of fused-ring (bicyclic) bond motifs is 1. The number of carboxylic acid groups (broad SMARTS) is 1. The maximum atomic E-state index is 11.1. The zero-order valence-electron chi connectivity index (χ0n) is 10.0. The van der Waals surface area contributed by atoms with Crippen LogP contribution in [0.4, 0.5) is 0 Å². The van der Waals surface area contributed by atoms with Crippen molar-refractivity contribution in [2.24, 2.45) is 0 Å². The Morgan fingerprint density at radius 1 is 1.44 bits per heavy atom. The Hall–Kier alpha value is -1.81. The second kappa shape index (κ2) is 4.46. The topological polar surface area (TPSA) is 51.5 Å². The summed E-state index contributed by atoms with van der Waals surface area (Å²) in [4.78, 5) is 11.1. The highest BCUT2D eigenvalue weighted by Crippen LogP contribution is 2.22. The van der Waals surface area contributed by atoms with Crippen LogP contribution in [0.1, 0.15) is 23.2 Å². The van der Waals surface area contributed by atoms with Gasteiger partial charge in [0.25, 0.3) is 0 Å². The van der Waals surface area contributed by atoms with E-state index in [2.05, 4.69) is 4.57 Å². The van der Waals surface area contributed by atoms with Gasteiger partial charge in [0.15, 0.2) is 0 Å². The molecule has 4 nitrogen and oxygen atoms in total. The van der Waals surface area contributed by atoms with Crippen molar-refractivity contribution in [2.45, 2.75) is 25.5 Å². The molecule has 0 aliphatic carbocycles. The molecule has 0 spiro atoms. The van der Waals surface area contributed by atoms with Crippen molar-refractivity contribution in [1.82, 2.24) is 4.57 Å². The van der Waals surface area contributed by atoms with E-state index >= 15 is 0 Å². The lowest BCUT2D eigenvalue weighted by Gasteiger charge is -2.11.